The van der Waals surface area contributed by atoms with Crippen molar-refractivity contribution in [1.82, 2.24) is 9.38 Å². The molecule has 16 heavy (non-hydrogen) atoms. The molecule has 2 nitrogen and oxygen atoms in total. The molecule has 2 aromatic heterocycles. The maximum atomic E-state index is 4.75. The van der Waals surface area contributed by atoms with Crippen molar-refractivity contribution >= 4 is 21.6 Å². The summed E-state index contributed by atoms with van der Waals surface area (Å²) in [6, 6.07) is 4.21. The maximum Gasteiger partial charge on any atom is 0.137 e. The fourth-order valence-corrected chi connectivity index (χ4v) is 3.30. The van der Waals surface area contributed by atoms with Crippen molar-refractivity contribution in [2.45, 2.75) is 38.5 Å². The van der Waals surface area contributed by atoms with E-state index in [1.165, 1.54) is 36.9 Å². The normalized spacial score (nSPS) is 17.4. The first-order valence-corrected chi connectivity index (χ1v) is 6.69. The molecule has 1 saturated carbocycles. The van der Waals surface area contributed by atoms with Crippen LogP contribution in [0.5, 0.6) is 0 Å². The number of aromatic nitrogens is 2. The van der Waals surface area contributed by atoms with E-state index in [2.05, 4.69) is 45.6 Å². The Morgan fingerprint density at radius 2 is 2.06 bits per heavy atom. The van der Waals surface area contributed by atoms with Crippen LogP contribution in [0.25, 0.3) is 5.65 Å². The average Bonchev–Trinajstić information content (AvgIpc) is 2.87. The molecular weight excluding hydrogens is 264 g/mol. The van der Waals surface area contributed by atoms with Crippen LogP contribution in [0.15, 0.2) is 22.9 Å². The van der Waals surface area contributed by atoms with Crippen LogP contribution >= 0.6 is 15.9 Å². The van der Waals surface area contributed by atoms with Crippen molar-refractivity contribution < 1.29 is 0 Å². The van der Waals surface area contributed by atoms with Crippen LogP contribution in [-0.4, -0.2) is 9.38 Å². The number of hydrogen-bond donors (Lipinski definition) is 0. The van der Waals surface area contributed by atoms with Gasteiger partial charge in [-0.25, -0.2) is 4.98 Å². The maximum absolute atomic E-state index is 4.75. The Bertz CT molecular complexity index is 524. The molecule has 0 amide bonds. The van der Waals surface area contributed by atoms with E-state index >= 15 is 0 Å². The van der Waals surface area contributed by atoms with Gasteiger partial charge in [0.1, 0.15) is 10.3 Å². The third kappa shape index (κ3) is 1.58. The predicted octanol–water partition coefficient (Wildman–Crippen LogP) is 4.06. The molecule has 3 rings (SSSR count). The molecule has 2 heterocycles. The van der Waals surface area contributed by atoms with E-state index in [0.29, 0.717) is 5.92 Å². The molecule has 0 aliphatic heterocycles. The van der Waals surface area contributed by atoms with Crippen molar-refractivity contribution in [2.75, 3.05) is 0 Å². The van der Waals surface area contributed by atoms with E-state index in [-0.39, 0.29) is 0 Å². The minimum atomic E-state index is 0.662. The summed E-state index contributed by atoms with van der Waals surface area (Å²) >= 11 is 3.70. The van der Waals surface area contributed by atoms with E-state index in [1.54, 1.807) is 0 Å². The van der Waals surface area contributed by atoms with Crippen molar-refractivity contribution in [3.63, 3.8) is 0 Å². The number of aryl methyl sites for hydroxylation is 1. The molecule has 0 N–H and O–H groups in total. The van der Waals surface area contributed by atoms with Gasteiger partial charge in [0.05, 0.1) is 5.69 Å². The predicted molar refractivity (Wildman–Crippen MR) is 68.8 cm³/mol. The molecule has 0 bridgehead atoms. The molecule has 0 aromatic carbocycles. The molecule has 0 radical (unpaired) electrons. The fraction of sp³-hybridized carbons (Fsp3) is 0.462. The number of hydrogen-bond acceptors (Lipinski definition) is 1. The summed E-state index contributed by atoms with van der Waals surface area (Å²) in [6.07, 6.45) is 7.43. The second-order valence-electron chi connectivity index (χ2n) is 4.70. The molecule has 0 spiro atoms. The Morgan fingerprint density at radius 1 is 1.31 bits per heavy atom. The van der Waals surface area contributed by atoms with Crippen molar-refractivity contribution in [1.29, 1.82) is 0 Å². The first-order chi connectivity index (χ1) is 7.75. The monoisotopic (exact) mass is 278 g/mol. The Kier molecular flexibility index (Phi) is 2.51. The standard InChI is InChI=1S/C13H15BrN2/c1-9-6-7-11-15-12(10-4-2-3-5-10)13(14)16(11)8-9/h6-8,10H,2-5H2,1H3. The average molecular weight is 279 g/mol. The molecular formula is C13H15BrN2. The fourth-order valence-electron chi connectivity index (χ4n) is 2.60. The zero-order valence-electron chi connectivity index (χ0n) is 9.41. The third-order valence-electron chi connectivity index (χ3n) is 3.47. The van der Waals surface area contributed by atoms with Crippen LogP contribution in [0.1, 0.15) is 42.9 Å². The SMILES string of the molecule is Cc1ccc2nc(C3CCCC3)c(Br)n2c1. The molecule has 1 aliphatic carbocycles. The number of imidazole rings is 1. The summed E-state index contributed by atoms with van der Waals surface area (Å²) < 4.78 is 3.31. The van der Waals surface area contributed by atoms with Crippen molar-refractivity contribution in [3.8, 4) is 0 Å². The molecule has 84 valence electrons. The van der Waals surface area contributed by atoms with E-state index in [9.17, 15) is 0 Å². The van der Waals surface area contributed by atoms with Crippen LogP contribution in [-0.2, 0) is 0 Å². The number of nitrogens with zero attached hydrogens (tertiary/aromatic N) is 2. The van der Waals surface area contributed by atoms with Gasteiger partial charge in [0.2, 0.25) is 0 Å². The van der Waals surface area contributed by atoms with Gasteiger partial charge in [-0.15, -0.1) is 0 Å². The second-order valence-corrected chi connectivity index (χ2v) is 5.46. The van der Waals surface area contributed by atoms with Crippen LogP contribution in [0.2, 0.25) is 0 Å². The third-order valence-corrected chi connectivity index (χ3v) is 4.26. The summed E-state index contributed by atoms with van der Waals surface area (Å²) in [7, 11) is 0. The minimum Gasteiger partial charge on any atom is -0.294 e. The summed E-state index contributed by atoms with van der Waals surface area (Å²) in [5, 5.41) is 0. The summed E-state index contributed by atoms with van der Waals surface area (Å²) in [5.74, 6) is 0.662. The molecule has 1 fully saturated rings. The van der Waals surface area contributed by atoms with Gasteiger partial charge in [0.25, 0.3) is 0 Å². The zero-order valence-corrected chi connectivity index (χ0v) is 11.0. The minimum absolute atomic E-state index is 0.662. The van der Waals surface area contributed by atoms with E-state index in [1.807, 2.05) is 0 Å². The lowest BCUT2D eigenvalue weighted by Gasteiger charge is -2.05. The van der Waals surface area contributed by atoms with Gasteiger partial charge in [0.15, 0.2) is 0 Å². The molecule has 0 saturated heterocycles. The molecule has 0 unspecified atom stereocenters. The number of rotatable bonds is 1. The smallest absolute Gasteiger partial charge is 0.137 e. The molecule has 1 aliphatic rings. The summed E-state index contributed by atoms with van der Waals surface area (Å²) in [5.41, 5.74) is 3.58. The van der Waals surface area contributed by atoms with E-state index < -0.39 is 0 Å². The highest BCUT2D eigenvalue weighted by Crippen LogP contribution is 2.37. The van der Waals surface area contributed by atoms with Gasteiger partial charge in [0, 0.05) is 12.1 Å². The largest absolute Gasteiger partial charge is 0.294 e. The topological polar surface area (TPSA) is 17.3 Å². The highest BCUT2D eigenvalue weighted by Gasteiger charge is 2.23. The first kappa shape index (κ1) is 10.3. The van der Waals surface area contributed by atoms with Gasteiger partial charge in [-0.1, -0.05) is 18.9 Å². The lowest BCUT2D eigenvalue weighted by Crippen LogP contribution is -1.93. The lowest BCUT2D eigenvalue weighted by atomic mass is 10.1. The lowest BCUT2D eigenvalue weighted by molar-refractivity contribution is 0.699. The Labute approximate surface area is 104 Å². The van der Waals surface area contributed by atoms with Gasteiger partial charge < -0.3 is 0 Å². The summed E-state index contributed by atoms with van der Waals surface area (Å²) in [4.78, 5) is 4.75. The van der Waals surface area contributed by atoms with Crippen molar-refractivity contribution in [3.05, 3.63) is 34.2 Å². The Morgan fingerprint density at radius 3 is 2.81 bits per heavy atom. The highest BCUT2D eigenvalue weighted by molar-refractivity contribution is 9.10. The van der Waals surface area contributed by atoms with Crippen LogP contribution in [0, 0.1) is 6.92 Å². The quantitative estimate of drug-likeness (QED) is 0.769. The van der Waals surface area contributed by atoms with E-state index in [4.69, 9.17) is 4.98 Å². The molecule has 2 aromatic rings. The Balaban J connectivity index is 2.15. The van der Waals surface area contributed by atoms with E-state index in [0.717, 1.165) is 10.3 Å². The Hall–Kier alpha value is -0.830. The summed E-state index contributed by atoms with van der Waals surface area (Å²) in [6.45, 7) is 2.11. The van der Waals surface area contributed by atoms with Crippen LogP contribution < -0.4 is 0 Å². The highest BCUT2D eigenvalue weighted by atomic mass is 79.9. The van der Waals surface area contributed by atoms with Crippen LogP contribution in [0.4, 0.5) is 0 Å². The molecule has 0 atom stereocenters. The zero-order chi connectivity index (χ0) is 11.1. The van der Waals surface area contributed by atoms with Gasteiger partial charge in [-0.3, -0.25) is 4.40 Å². The molecule has 3 heteroatoms. The second kappa shape index (κ2) is 3.88. The number of pyridine rings is 1. The number of halogens is 1. The van der Waals surface area contributed by atoms with Gasteiger partial charge >= 0.3 is 0 Å². The van der Waals surface area contributed by atoms with Gasteiger partial charge in [-0.05, 0) is 47.3 Å². The number of fused-ring (bicyclic) bond motifs is 1. The van der Waals surface area contributed by atoms with Crippen molar-refractivity contribution in [2.24, 2.45) is 0 Å². The van der Waals surface area contributed by atoms with Crippen LogP contribution in [0.3, 0.4) is 0 Å². The first-order valence-electron chi connectivity index (χ1n) is 5.90. The van der Waals surface area contributed by atoms with Gasteiger partial charge in [-0.2, -0.15) is 0 Å².